The molecular weight excluding hydrogens is 350 g/mol. The predicted molar refractivity (Wildman–Crippen MR) is 89.4 cm³/mol. The maximum absolute atomic E-state index is 11.9. The minimum atomic E-state index is 0.0313. The van der Waals surface area contributed by atoms with E-state index in [1.165, 1.54) is 11.1 Å². The number of rotatable bonds is 5. The largest absolute Gasteiger partial charge is 0.351 e. The second-order valence-corrected chi connectivity index (χ2v) is 6.83. The molecule has 112 valence electrons. The summed E-state index contributed by atoms with van der Waals surface area (Å²) in [5, 5.41) is 6.98. The van der Waals surface area contributed by atoms with Gasteiger partial charge in [0.1, 0.15) is 0 Å². The number of carbonyl (C=O) groups excluding carboxylic acids is 1. The molecule has 0 radical (unpaired) electrons. The van der Waals surface area contributed by atoms with Crippen LogP contribution in [0.15, 0.2) is 33.9 Å². The van der Waals surface area contributed by atoms with E-state index in [4.69, 9.17) is 0 Å². The molecule has 6 heteroatoms. The molecule has 1 aromatic carbocycles. The highest BCUT2D eigenvalue weighted by Crippen LogP contribution is 2.28. The fraction of sp³-hybridized carbons (Fsp3) is 0.333. The minimum Gasteiger partial charge on any atom is -0.351 e. The first kappa shape index (κ1) is 16.1. The predicted octanol–water partition coefficient (Wildman–Crippen LogP) is 3.21. The molecule has 1 heterocycles. The molecule has 2 aromatic rings. The summed E-state index contributed by atoms with van der Waals surface area (Å²) < 4.78 is 2.83. The number of halogens is 1. The first-order valence-corrected chi connectivity index (χ1v) is 8.37. The number of aromatic nitrogens is 2. The molecule has 1 aromatic heterocycles. The molecule has 0 bridgehead atoms. The first-order valence-electron chi connectivity index (χ1n) is 6.59. The topological polar surface area (TPSA) is 46.9 Å². The van der Waals surface area contributed by atoms with E-state index in [1.807, 2.05) is 13.2 Å². The average Bonchev–Trinajstić information content (AvgIpc) is 2.85. The molecular formula is C15H18BrN3OS. The highest BCUT2D eigenvalue weighted by Gasteiger charge is 2.07. The molecule has 4 nitrogen and oxygen atoms in total. The van der Waals surface area contributed by atoms with E-state index in [9.17, 15) is 4.79 Å². The van der Waals surface area contributed by atoms with Crippen LogP contribution in [0.4, 0.5) is 0 Å². The van der Waals surface area contributed by atoms with E-state index in [0.717, 1.165) is 14.9 Å². The second kappa shape index (κ2) is 7.13. The lowest BCUT2D eigenvalue weighted by molar-refractivity contribution is -0.118. The molecule has 0 unspecified atom stereocenters. The van der Waals surface area contributed by atoms with Crippen molar-refractivity contribution >= 4 is 33.6 Å². The third-order valence-electron chi connectivity index (χ3n) is 3.06. The van der Waals surface area contributed by atoms with Crippen LogP contribution in [0.2, 0.25) is 0 Å². The number of benzene rings is 1. The number of carbonyl (C=O) groups is 1. The van der Waals surface area contributed by atoms with Gasteiger partial charge in [0.2, 0.25) is 5.91 Å². The van der Waals surface area contributed by atoms with Gasteiger partial charge in [-0.1, -0.05) is 15.9 Å². The number of nitrogens with one attached hydrogen (secondary N) is 1. The molecule has 0 saturated carbocycles. The van der Waals surface area contributed by atoms with Gasteiger partial charge in [-0.25, -0.2) is 0 Å². The Morgan fingerprint density at radius 1 is 1.38 bits per heavy atom. The van der Waals surface area contributed by atoms with E-state index < -0.39 is 0 Å². The minimum absolute atomic E-state index is 0.0313. The Hall–Kier alpha value is -1.27. The fourth-order valence-electron chi connectivity index (χ4n) is 1.87. The summed E-state index contributed by atoms with van der Waals surface area (Å²) in [5.41, 5.74) is 3.36. The molecule has 0 spiro atoms. The number of thioether (sulfide) groups is 1. The van der Waals surface area contributed by atoms with Crippen LogP contribution in [-0.2, 0) is 18.4 Å². The average molecular weight is 368 g/mol. The first-order chi connectivity index (χ1) is 9.95. The van der Waals surface area contributed by atoms with Gasteiger partial charge < -0.3 is 5.32 Å². The molecule has 1 amide bonds. The zero-order valence-electron chi connectivity index (χ0n) is 12.3. The summed E-state index contributed by atoms with van der Waals surface area (Å²) in [5.74, 6) is 0.450. The maximum atomic E-state index is 11.9. The molecule has 0 aliphatic heterocycles. The lowest BCUT2D eigenvalue weighted by atomic mass is 10.2. The van der Waals surface area contributed by atoms with Gasteiger partial charge in [0.05, 0.1) is 11.9 Å². The van der Waals surface area contributed by atoms with Crippen molar-refractivity contribution in [3.05, 3.63) is 45.7 Å². The lowest BCUT2D eigenvalue weighted by Gasteiger charge is -2.09. The van der Waals surface area contributed by atoms with Gasteiger partial charge in [-0.15, -0.1) is 11.8 Å². The summed E-state index contributed by atoms with van der Waals surface area (Å²) in [6.45, 7) is 4.63. The van der Waals surface area contributed by atoms with Crippen LogP contribution in [0.25, 0.3) is 0 Å². The van der Waals surface area contributed by atoms with E-state index in [1.54, 1.807) is 22.6 Å². The van der Waals surface area contributed by atoms with Crippen LogP contribution in [0.1, 0.15) is 16.7 Å². The zero-order valence-corrected chi connectivity index (χ0v) is 14.7. The van der Waals surface area contributed by atoms with Crippen molar-refractivity contribution < 1.29 is 4.79 Å². The van der Waals surface area contributed by atoms with Crippen LogP contribution < -0.4 is 5.32 Å². The van der Waals surface area contributed by atoms with Crippen LogP contribution in [-0.4, -0.2) is 21.4 Å². The van der Waals surface area contributed by atoms with E-state index in [-0.39, 0.29) is 5.91 Å². The molecule has 21 heavy (non-hydrogen) atoms. The zero-order chi connectivity index (χ0) is 15.4. The van der Waals surface area contributed by atoms with Crippen molar-refractivity contribution in [2.75, 3.05) is 5.75 Å². The number of hydrogen-bond donors (Lipinski definition) is 1. The summed E-state index contributed by atoms with van der Waals surface area (Å²) in [4.78, 5) is 13.0. The smallest absolute Gasteiger partial charge is 0.230 e. The lowest BCUT2D eigenvalue weighted by Crippen LogP contribution is -2.24. The summed E-state index contributed by atoms with van der Waals surface area (Å²) >= 11 is 5.08. The molecule has 1 N–H and O–H groups in total. The second-order valence-electron chi connectivity index (χ2n) is 4.95. The molecule has 2 rings (SSSR count). The monoisotopic (exact) mass is 367 g/mol. The van der Waals surface area contributed by atoms with Crippen LogP contribution in [0, 0.1) is 13.8 Å². The van der Waals surface area contributed by atoms with Crippen molar-refractivity contribution in [1.82, 2.24) is 15.1 Å². The van der Waals surface area contributed by atoms with Crippen molar-refractivity contribution in [2.24, 2.45) is 7.05 Å². The van der Waals surface area contributed by atoms with Crippen LogP contribution in [0.5, 0.6) is 0 Å². The van der Waals surface area contributed by atoms with Crippen LogP contribution >= 0.6 is 27.7 Å². The Morgan fingerprint density at radius 2 is 2.14 bits per heavy atom. The molecule has 0 aliphatic carbocycles. The Morgan fingerprint density at radius 3 is 2.81 bits per heavy atom. The van der Waals surface area contributed by atoms with E-state index in [0.29, 0.717) is 12.3 Å². The van der Waals surface area contributed by atoms with Gasteiger partial charge in [0.25, 0.3) is 0 Å². The number of amides is 1. The molecule has 0 atom stereocenters. The highest BCUT2D eigenvalue weighted by molar-refractivity contribution is 9.10. The van der Waals surface area contributed by atoms with Gasteiger partial charge in [0.15, 0.2) is 0 Å². The van der Waals surface area contributed by atoms with E-state index >= 15 is 0 Å². The molecule has 0 fully saturated rings. The fourth-order valence-corrected chi connectivity index (χ4v) is 3.26. The Labute approximate surface area is 137 Å². The third-order valence-corrected chi connectivity index (χ3v) is 5.07. The quantitative estimate of drug-likeness (QED) is 0.825. The summed E-state index contributed by atoms with van der Waals surface area (Å²) in [6, 6.07) is 4.20. The van der Waals surface area contributed by atoms with Gasteiger partial charge in [0, 0.05) is 34.7 Å². The van der Waals surface area contributed by atoms with Crippen molar-refractivity contribution in [3.63, 3.8) is 0 Å². The Kier molecular flexibility index (Phi) is 5.47. The SMILES string of the molecule is Cc1cc(SCC(=O)NCc2cnn(C)c2)c(C)cc1Br. The summed E-state index contributed by atoms with van der Waals surface area (Å²) in [6.07, 6.45) is 3.66. The van der Waals surface area contributed by atoms with Gasteiger partial charge in [-0.05, 0) is 37.1 Å². The standard InChI is InChI=1S/C15H18BrN3OS/c1-10-5-14(11(2)4-13(10)16)21-9-15(20)17-6-12-7-18-19(3)8-12/h4-5,7-8H,6,9H2,1-3H3,(H,17,20). The van der Waals surface area contributed by atoms with Gasteiger partial charge in [-0.2, -0.15) is 5.10 Å². The van der Waals surface area contributed by atoms with Crippen molar-refractivity contribution in [2.45, 2.75) is 25.3 Å². The maximum Gasteiger partial charge on any atom is 0.230 e. The van der Waals surface area contributed by atoms with E-state index in [2.05, 4.69) is 52.3 Å². The van der Waals surface area contributed by atoms with Gasteiger partial charge in [-0.3, -0.25) is 9.48 Å². The Bertz CT molecular complexity index is 654. The van der Waals surface area contributed by atoms with Crippen molar-refractivity contribution in [3.8, 4) is 0 Å². The molecule has 0 aliphatic rings. The van der Waals surface area contributed by atoms with Gasteiger partial charge >= 0.3 is 0 Å². The van der Waals surface area contributed by atoms with Crippen LogP contribution in [0.3, 0.4) is 0 Å². The third kappa shape index (κ3) is 4.61. The number of hydrogen-bond acceptors (Lipinski definition) is 3. The number of aryl methyl sites for hydroxylation is 3. The Balaban J connectivity index is 1.85. The highest BCUT2D eigenvalue weighted by atomic mass is 79.9. The molecule has 0 saturated heterocycles. The number of nitrogens with zero attached hydrogens (tertiary/aromatic N) is 2. The normalized spacial score (nSPS) is 10.7. The van der Waals surface area contributed by atoms with Crippen molar-refractivity contribution in [1.29, 1.82) is 0 Å². The summed E-state index contributed by atoms with van der Waals surface area (Å²) in [7, 11) is 1.86.